The molecule has 0 bridgehead atoms. The van der Waals surface area contributed by atoms with Crippen LogP contribution in [0.3, 0.4) is 0 Å². The number of carbonyl (C=O) groups excluding carboxylic acids is 2. The fraction of sp³-hybridized carbons (Fsp3) is 0.263. The molecule has 29 heavy (non-hydrogen) atoms. The zero-order chi connectivity index (χ0) is 21.2. The molecule has 1 heterocycles. The quantitative estimate of drug-likeness (QED) is 0.653. The minimum Gasteiger partial charge on any atom is -0.508 e. The van der Waals surface area contributed by atoms with Gasteiger partial charge in [0.05, 0.1) is 4.90 Å². The SMILES string of the molecule is Cc1cc(C(=O)Nc2ccc(S(=O)(=O)N3CCSCC3C(N)=O)cc2)ccc1O. The molecular formula is C19H21N3O5S2. The number of nitrogens with zero attached hydrogens (tertiary/aromatic N) is 1. The second kappa shape index (κ2) is 8.44. The van der Waals surface area contributed by atoms with Crippen LogP contribution in [-0.4, -0.2) is 53.7 Å². The molecule has 2 amide bonds. The Labute approximate surface area is 173 Å². The Balaban J connectivity index is 1.77. The molecule has 3 rings (SSSR count). The van der Waals surface area contributed by atoms with Crippen LogP contribution in [0.25, 0.3) is 0 Å². The molecule has 0 aliphatic carbocycles. The molecule has 1 aliphatic heterocycles. The number of anilines is 1. The van der Waals surface area contributed by atoms with Crippen molar-refractivity contribution in [3.05, 3.63) is 53.6 Å². The van der Waals surface area contributed by atoms with Crippen molar-refractivity contribution in [2.75, 3.05) is 23.4 Å². The number of phenolic OH excluding ortho intramolecular Hbond substituents is 1. The van der Waals surface area contributed by atoms with Gasteiger partial charge in [-0.3, -0.25) is 9.59 Å². The van der Waals surface area contributed by atoms with E-state index in [1.54, 1.807) is 13.0 Å². The molecule has 0 radical (unpaired) electrons. The maximum absolute atomic E-state index is 12.9. The van der Waals surface area contributed by atoms with E-state index >= 15 is 0 Å². The highest BCUT2D eigenvalue weighted by atomic mass is 32.2. The summed E-state index contributed by atoms with van der Waals surface area (Å²) in [6.45, 7) is 1.89. The molecule has 1 saturated heterocycles. The van der Waals surface area contributed by atoms with E-state index in [2.05, 4.69) is 5.32 Å². The maximum Gasteiger partial charge on any atom is 0.255 e. The van der Waals surface area contributed by atoms with Crippen molar-refractivity contribution >= 4 is 39.3 Å². The maximum atomic E-state index is 12.9. The topological polar surface area (TPSA) is 130 Å². The predicted octanol–water partition coefficient (Wildman–Crippen LogP) is 1.54. The van der Waals surface area contributed by atoms with Crippen molar-refractivity contribution in [1.29, 1.82) is 0 Å². The number of primary amides is 1. The number of sulfonamides is 1. The van der Waals surface area contributed by atoms with Gasteiger partial charge in [0.25, 0.3) is 5.91 Å². The van der Waals surface area contributed by atoms with Gasteiger partial charge in [-0.1, -0.05) is 0 Å². The van der Waals surface area contributed by atoms with Crippen LogP contribution >= 0.6 is 11.8 Å². The van der Waals surface area contributed by atoms with Crippen LogP contribution in [0.15, 0.2) is 47.4 Å². The third kappa shape index (κ3) is 4.55. The fourth-order valence-corrected chi connectivity index (χ4v) is 5.81. The summed E-state index contributed by atoms with van der Waals surface area (Å²) in [6.07, 6.45) is 0. The van der Waals surface area contributed by atoms with Crippen LogP contribution in [-0.2, 0) is 14.8 Å². The molecule has 1 unspecified atom stereocenters. The summed E-state index contributed by atoms with van der Waals surface area (Å²) in [5.41, 5.74) is 6.72. The summed E-state index contributed by atoms with van der Waals surface area (Å²) in [6, 6.07) is 9.34. The Bertz CT molecular complexity index is 1040. The van der Waals surface area contributed by atoms with Gasteiger partial charge in [0.2, 0.25) is 15.9 Å². The van der Waals surface area contributed by atoms with E-state index in [0.717, 1.165) is 4.31 Å². The van der Waals surface area contributed by atoms with E-state index in [9.17, 15) is 23.1 Å². The first-order chi connectivity index (χ1) is 13.7. The smallest absolute Gasteiger partial charge is 0.255 e. The molecule has 0 spiro atoms. The molecule has 2 aromatic carbocycles. The summed E-state index contributed by atoms with van der Waals surface area (Å²) in [5.74, 6) is -0.0429. The number of amides is 2. The first kappa shape index (κ1) is 21.2. The van der Waals surface area contributed by atoms with Crippen LogP contribution in [0, 0.1) is 6.92 Å². The number of rotatable bonds is 5. The van der Waals surface area contributed by atoms with Gasteiger partial charge >= 0.3 is 0 Å². The van der Waals surface area contributed by atoms with E-state index in [4.69, 9.17) is 5.73 Å². The summed E-state index contributed by atoms with van der Waals surface area (Å²) >= 11 is 1.49. The third-order valence-electron chi connectivity index (χ3n) is 4.59. The Morgan fingerprint density at radius 3 is 2.52 bits per heavy atom. The van der Waals surface area contributed by atoms with E-state index < -0.39 is 22.0 Å². The minimum atomic E-state index is -3.89. The lowest BCUT2D eigenvalue weighted by atomic mass is 10.1. The Kier molecular flexibility index (Phi) is 6.15. The molecule has 1 atom stereocenters. The molecule has 0 saturated carbocycles. The number of nitrogens with two attached hydrogens (primary N) is 1. The number of hydrogen-bond donors (Lipinski definition) is 3. The fourth-order valence-electron chi connectivity index (χ4n) is 2.95. The normalized spacial score (nSPS) is 17.6. The number of carbonyl (C=O) groups is 2. The Morgan fingerprint density at radius 2 is 1.90 bits per heavy atom. The van der Waals surface area contributed by atoms with Crippen LogP contribution < -0.4 is 11.1 Å². The van der Waals surface area contributed by atoms with Crippen molar-refractivity contribution in [1.82, 2.24) is 4.31 Å². The highest BCUT2D eigenvalue weighted by molar-refractivity contribution is 7.99. The first-order valence-corrected chi connectivity index (χ1v) is 11.4. The summed E-state index contributed by atoms with van der Waals surface area (Å²) < 4.78 is 27.0. The van der Waals surface area contributed by atoms with E-state index in [-0.39, 0.29) is 23.1 Å². The molecule has 1 aliphatic rings. The molecule has 10 heteroatoms. The standard InChI is InChI=1S/C19H21N3O5S2/c1-12-10-13(2-7-17(12)23)19(25)21-14-3-5-15(6-4-14)29(26,27)22-8-9-28-11-16(22)18(20)24/h2-7,10,16,23H,8-9,11H2,1H3,(H2,20,24)(H,21,25). The Morgan fingerprint density at radius 1 is 1.21 bits per heavy atom. The number of aryl methyl sites for hydroxylation is 1. The van der Waals surface area contributed by atoms with Crippen LogP contribution in [0.5, 0.6) is 5.75 Å². The molecule has 154 valence electrons. The largest absolute Gasteiger partial charge is 0.508 e. The molecule has 4 N–H and O–H groups in total. The third-order valence-corrected chi connectivity index (χ3v) is 7.53. The average Bonchev–Trinajstić information content (AvgIpc) is 2.70. The monoisotopic (exact) mass is 435 g/mol. The predicted molar refractivity (Wildman–Crippen MR) is 111 cm³/mol. The van der Waals surface area contributed by atoms with Crippen molar-refractivity contribution in [2.45, 2.75) is 17.9 Å². The van der Waals surface area contributed by atoms with Crippen LogP contribution in [0.1, 0.15) is 15.9 Å². The van der Waals surface area contributed by atoms with Gasteiger partial charge < -0.3 is 16.2 Å². The van der Waals surface area contributed by atoms with Crippen molar-refractivity contribution < 1.29 is 23.1 Å². The number of phenols is 1. The molecule has 2 aromatic rings. The Hall–Kier alpha value is -2.56. The van der Waals surface area contributed by atoms with Crippen molar-refractivity contribution in [2.24, 2.45) is 5.73 Å². The molecular weight excluding hydrogens is 414 g/mol. The number of nitrogens with one attached hydrogen (secondary N) is 1. The van der Waals surface area contributed by atoms with Gasteiger partial charge in [0.15, 0.2) is 0 Å². The zero-order valence-electron chi connectivity index (χ0n) is 15.7. The lowest BCUT2D eigenvalue weighted by Gasteiger charge is -2.32. The van der Waals surface area contributed by atoms with E-state index in [1.807, 2.05) is 0 Å². The van der Waals surface area contributed by atoms with Gasteiger partial charge in [-0.05, 0) is 55.0 Å². The number of benzene rings is 2. The van der Waals surface area contributed by atoms with Crippen molar-refractivity contribution in [3.63, 3.8) is 0 Å². The van der Waals surface area contributed by atoms with E-state index in [0.29, 0.717) is 28.3 Å². The molecule has 1 fully saturated rings. The second-order valence-electron chi connectivity index (χ2n) is 6.59. The summed E-state index contributed by atoms with van der Waals surface area (Å²) in [5, 5.41) is 12.2. The lowest BCUT2D eigenvalue weighted by molar-refractivity contribution is -0.121. The molecule has 8 nitrogen and oxygen atoms in total. The van der Waals surface area contributed by atoms with Gasteiger partial charge in [0.1, 0.15) is 11.8 Å². The average molecular weight is 436 g/mol. The van der Waals surface area contributed by atoms with Crippen molar-refractivity contribution in [3.8, 4) is 5.75 Å². The van der Waals surface area contributed by atoms with Gasteiger partial charge in [-0.25, -0.2) is 8.42 Å². The molecule has 0 aromatic heterocycles. The van der Waals surface area contributed by atoms with Gasteiger partial charge in [0, 0.05) is 29.3 Å². The highest BCUT2D eigenvalue weighted by Crippen LogP contribution is 2.26. The van der Waals surface area contributed by atoms with Crippen LogP contribution in [0.4, 0.5) is 5.69 Å². The summed E-state index contributed by atoms with van der Waals surface area (Å²) in [4.78, 5) is 24.0. The van der Waals surface area contributed by atoms with Crippen LogP contribution in [0.2, 0.25) is 0 Å². The number of aromatic hydroxyl groups is 1. The lowest BCUT2D eigenvalue weighted by Crippen LogP contribution is -2.52. The van der Waals surface area contributed by atoms with E-state index in [1.165, 1.54) is 48.2 Å². The number of hydrogen-bond acceptors (Lipinski definition) is 6. The zero-order valence-corrected chi connectivity index (χ0v) is 17.3. The van der Waals surface area contributed by atoms with Gasteiger partial charge in [-0.15, -0.1) is 0 Å². The summed E-state index contributed by atoms with van der Waals surface area (Å²) in [7, 11) is -3.89. The minimum absolute atomic E-state index is 0.0223. The first-order valence-electron chi connectivity index (χ1n) is 8.80. The van der Waals surface area contributed by atoms with Gasteiger partial charge in [-0.2, -0.15) is 16.1 Å². The second-order valence-corrected chi connectivity index (χ2v) is 9.63. The highest BCUT2D eigenvalue weighted by Gasteiger charge is 2.36. The number of thioether (sulfide) groups is 1.